The van der Waals surface area contributed by atoms with Crippen LogP contribution in [0.3, 0.4) is 0 Å². The summed E-state index contributed by atoms with van der Waals surface area (Å²) in [6.45, 7) is 1.78. The average Bonchev–Trinajstić information content (AvgIpc) is 2.47. The van der Waals surface area contributed by atoms with E-state index in [9.17, 15) is 4.79 Å². The summed E-state index contributed by atoms with van der Waals surface area (Å²) in [5.41, 5.74) is 1.14. The van der Waals surface area contributed by atoms with Crippen LogP contribution in [0.2, 0.25) is 0 Å². The normalized spacial score (nSPS) is 9.76. The molecule has 0 radical (unpaired) electrons. The van der Waals surface area contributed by atoms with Crippen LogP contribution < -0.4 is 9.47 Å². The summed E-state index contributed by atoms with van der Waals surface area (Å²) < 4.78 is 10.7. The largest absolute Gasteiger partial charge is 0.493 e. The number of nitrogens with zero attached hydrogens (tertiary/aromatic N) is 2. The van der Waals surface area contributed by atoms with Crippen molar-refractivity contribution in [2.75, 3.05) is 7.11 Å². The van der Waals surface area contributed by atoms with Crippen molar-refractivity contribution in [3.8, 4) is 23.4 Å². The molecule has 0 spiro atoms. The van der Waals surface area contributed by atoms with E-state index in [2.05, 4.69) is 4.98 Å². The fourth-order valence-electron chi connectivity index (χ4n) is 1.74. The lowest BCUT2D eigenvalue weighted by molar-refractivity contribution is 0.0696. The van der Waals surface area contributed by atoms with Gasteiger partial charge in [0.25, 0.3) is 0 Å². The Hall–Kier alpha value is -3.07. The molecule has 0 aliphatic carbocycles. The SMILES string of the molecule is COc1cc(C(=O)O)ccc1Oc1nccc(C)c1C#N. The first kappa shape index (κ1) is 14.3. The molecule has 0 saturated carbocycles. The van der Waals surface area contributed by atoms with E-state index in [0.717, 1.165) is 5.56 Å². The first-order chi connectivity index (χ1) is 10.1. The van der Waals surface area contributed by atoms with Gasteiger partial charge < -0.3 is 14.6 Å². The van der Waals surface area contributed by atoms with Crippen LogP contribution in [0.4, 0.5) is 0 Å². The van der Waals surface area contributed by atoms with Gasteiger partial charge in [-0.15, -0.1) is 0 Å². The number of benzene rings is 1. The van der Waals surface area contributed by atoms with Gasteiger partial charge in [-0.1, -0.05) is 0 Å². The Kier molecular flexibility index (Phi) is 4.05. The molecule has 0 fully saturated rings. The Morgan fingerprint density at radius 2 is 2.10 bits per heavy atom. The van der Waals surface area contributed by atoms with Crippen molar-refractivity contribution in [1.82, 2.24) is 4.98 Å². The van der Waals surface area contributed by atoms with Gasteiger partial charge in [-0.05, 0) is 36.8 Å². The van der Waals surface area contributed by atoms with E-state index in [1.807, 2.05) is 6.07 Å². The van der Waals surface area contributed by atoms with Crippen molar-refractivity contribution in [2.45, 2.75) is 6.92 Å². The molecule has 0 aliphatic heterocycles. The lowest BCUT2D eigenvalue weighted by atomic mass is 10.1. The Morgan fingerprint density at radius 1 is 1.33 bits per heavy atom. The minimum absolute atomic E-state index is 0.0805. The molecular formula is C15H12N2O4. The zero-order chi connectivity index (χ0) is 15.4. The third-order valence-electron chi connectivity index (χ3n) is 2.85. The summed E-state index contributed by atoms with van der Waals surface area (Å²) in [6.07, 6.45) is 1.53. The molecule has 6 heteroatoms. The smallest absolute Gasteiger partial charge is 0.335 e. The van der Waals surface area contributed by atoms with Crippen molar-refractivity contribution in [1.29, 1.82) is 5.26 Å². The number of pyridine rings is 1. The van der Waals surface area contributed by atoms with Gasteiger partial charge in [-0.25, -0.2) is 9.78 Å². The van der Waals surface area contributed by atoms with Crippen molar-refractivity contribution in [3.05, 3.63) is 47.2 Å². The molecule has 1 aromatic carbocycles. The second kappa shape index (κ2) is 5.92. The first-order valence-electron chi connectivity index (χ1n) is 6.01. The molecule has 0 saturated heterocycles. The summed E-state index contributed by atoms with van der Waals surface area (Å²) in [5.74, 6) is -0.371. The summed E-state index contributed by atoms with van der Waals surface area (Å²) in [5, 5.41) is 18.1. The van der Waals surface area contributed by atoms with Gasteiger partial charge in [0.1, 0.15) is 11.6 Å². The van der Waals surface area contributed by atoms with E-state index >= 15 is 0 Å². The number of aromatic carboxylic acids is 1. The number of aryl methyl sites for hydroxylation is 1. The summed E-state index contributed by atoms with van der Waals surface area (Å²) in [4.78, 5) is 15.0. The van der Waals surface area contributed by atoms with Crippen LogP contribution in [0.25, 0.3) is 0 Å². The highest BCUT2D eigenvalue weighted by atomic mass is 16.5. The summed E-state index contributed by atoms with van der Waals surface area (Å²) in [6, 6.07) is 7.94. The molecule has 0 bridgehead atoms. The van der Waals surface area contributed by atoms with Crippen LogP contribution in [-0.4, -0.2) is 23.2 Å². The highest BCUT2D eigenvalue weighted by Gasteiger charge is 2.14. The zero-order valence-electron chi connectivity index (χ0n) is 11.5. The Morgan fingerprint density at radius 3 is 2.71 bits per heavy atom. The standard InChI is InChI=1S/C15H12N2O4/c1-9-5-6-17-14(11(9)8-16)21-12-4-3-10(15(18)19)7-13(12)20-2/h3-7H,1-2H3,(H,18,19). The van der Waals surface area contributed by atoms with Crippen molar-refractivity contribution in [2.24, 2.45) is 0 Å². The molecular weight excluding hydrogens is 272 g/mol. The summed E-state index contributed by atoms with van der Waals surface area (Å²) >= 11 is 0. The van der Waals surface area contributed by atoms with Gasteiger partial charge in [-0.2, -0.15) is 5.26 Å². The number of hydrogen-bond acceptors (Lipinski definition) is 5. The minimum atomic E-state index is -1.06. The van der Waals surface area contributed by atoms with E-state index in [4.69, 9.17) is 19.8 Å². The van der Waals surface area contributed by atoms with Crippen molar-refractivity contribution < 1.29 is 19.4 Å². The van der Waals surface area contributed by atoms with Crippen LogP contribution in [-0.2, 0) is 0 Å². The lowest BCUT2D eigenvalue weighted by Gasteiger charge is -2.11. The number of nitriles is 1. The predicted molar refractivity (Wildman–Crippen MR) is 73.7 cm³/mol. The van der Waals surface area contributed by atoms with Gasteiger partial charge in [0.15, 0.2) is 11.5 Å². The van der Waals surface area contributed by atoms with Crippen molar-refractivity contribution >= 4 is 5.97 Å². The third-order valence-corrected chi connectivity index (χ3v) is 2.85. The number of rotatable bonds is 4. The topological polar surface area (TPSA) is 92.4 Å². The van der Waals surface area contributed by atoms with Gasteiger partial charge in [0.2, 0.25) is 5.88 Å². The number of methoxy groups -OCH3 is 1. The molecule has 2 rings (SSSR count). The number of carbonyl (C=O) groups is 1. The fourth-order valence-corrected chi connectivity index (χ4v) is 1.74. The number of carboxylic acid groups (broad SMARTS) is 1. The van der Waals surface area contributed by atoms with E-state index in [1.165, 1.54) is 31.5 Å². The molecule has 2 aromatic rings. The van der Waals surface area contributed by atoms with Crippen molar-refractivity contribution in [3.63, 3.8) is 0 Å². The fraction of sp³-hybridized carbons (Fsp3) is 0.133. The van der Waals surface area contributed by atoms with E-state index in [1.54, 1.807) is 13.0 Å². The van der Waals surface area contributed by atoms with Gasteiger partial charge in [-0.3, -0.25) is 0 Å². The molecule has 21 heavy (non-hydrogen) atoms. The number of aromatic nitrogens is 1. The highest BCUT2D eigenvalue weighted by molar-refractivity contribution is 5.88. The second-order valence-corrected chi connectivity index (χ2v) is 4.19. The maximum atomic E-state index is 10.9. The molecule has 106 valence electrons. The molecule has 0 unspecified atom stereocenters. The number of ether oxygens (including phenoxy) is 2. The van der Waals surface area contributed by atoms with Gasteiger partial charge >= 0.3 is 5.97 Å². The quantitative estimate of drug-likeness (QED) is 0.928. The molecule has 1 aromatic heterocycles. The monoisotopic (exact) mass is 284 g/mol. The maximum Gasteiger partial charge on any atom is 0.335 e. The average molecular weight is 284 g/mol. The zero-order valence-corrected chi connectivity index (χ0v) is 11.5. The van der Waals surface area contributed by atoms with Crippen LogP contribution in [0.15, 0.2) is 30.5 Å². The first-order valence-corrected chi connectivity index (χ1v) is 6.01. The Balaban J connectivity index is 2.43. The number of hydrogen-bond donors (Lipinski definition) is 1. The molecule has 6 nitrogen and oxygen atoms in total. The summed E-state index contributed by atoms with van der Waals surface area (Å²) in [7, 11) is 1.41. The van der Waals surface area contributed by atoms with Gasteiger partial charge in [0.05, 0.1) is 12.7 Å². The molecule has 0 atom stereocenters. The molecule has 1 N–H and O–H groups in total. The second-order valence-electron chi connectivity index (χ2n) is 4.19. The van der Waals surface area contributed by atoms with Crippen LogP contribution in [0, 0.1) is 18.3 Å². The van der Waals surface area contributed by atoms with E-state index < -0.39 is 5.97 Å². The predicted octanol–water partition coefficient (Wildman–Crippen LogP) is 2.76. The van der Waals surface area contributed by atoms with Crippen LogP contribution in [0.1, 0.15) is 21.5 Å². The van der Waals surface area contributed by atoms with E-state index in [0.29, 0.717) is 5.56 Å². The minimum Gasteiger partial charge on any atom is -0.493 e. The van der Waals surface area contributed by atoms with E-state index in [-0.39, 0.29) is 22.9 Å². The third kappa shape index (κ3) is 2.92. The van der Waals surface area contributed by atoms with Crippen LogP contribution >= 0.6 is 0 Å². The Labute approximate surface area is 121 Å². The molecule has 1 heterocycles. The number of carboxylic acids is 1. The maximum absolute atomic E-state index is 10.9. The lowest BCUT2D eigenvalue weighted by Crippen LogP contribution is -2.00. The van der Waals surface area contributed by atoms with Crippen LogP contribution in [0.5, 0.6) is 17.4 Å². The molecule has 0 amide bonds. The van der Waals surface area contributed by atoms with Gasteiger partial charge in [0, 0.05) is 6.20 Å². The Bertz CT molecular complexity index is 735. The highest BCUT2D eigenvalue weighted by Crippen LogP contribution is 2.33. The molecule has 0 aliphatic rings.